The third-order valence-electron chi connectivity index (χ3n) is 4.25. The lowest BCUT2D eigenvalue weighted by molar-refractivity contribution is 0.220. The van der Waals surface area contributed by atoms with Crippen LogP contribution >= 0.6 is 0 Å². The molecule has 2 aromatic rings. The lowest BCUT2D eigenvalue weighted by atomic mass is 10.00. The maximum atomic E-state index is 12.2. The first-order chi connectivity index (χ1) is 9.69. The smallest absolute Gasteiger partial charge is 0.256 e. The molecule has 1 fully saturated rings. The Kier molecular flexibility index (Phi) is 3.59. The van der Waals surface area contributed by atoms with E-state index in [1.807, 2.05) is 25.1 Å². The molecule has 1 atom stereocenters. The van der Waals surface area contributed by atoms with Crippen molar-refractivity contribution in [3.8, 4) is 0 Å². The summed E-state index contributed by atoms with van der Waals surface area (Å²) in [6.45, 7) is 4.85. The molecule has 20 heavy (non-hydrogen) atoms. The van der Waals surface area contributed by atoms with Crippen LogP contribution in [0.1, 0.15) is 23.6 Å². The van der Waals surface area contributed by atoms with Gasteiger partial charge in [0.25, 0.3) is 5.56 Å². The number of benzene rings is 1. The topological polar surface area (TPSA) is 56.3 Å². The zero-order chi connectivity index (χ0) is 14.1. The van der Waals surface area contributed by atoms with E-state index in [0.717, 1.165) is 41.5 Å². The molecule has 0 spiro atoms. The van der Waals surface area contributed by atoms with Gasteiger partial charge in [-0.15, -0.1) is 0 Å². The Morgan fingerprint density at radius 3 is 3.05 bits per heavy atom. The molecule has 106 valence electrons. The molecule has 2 N–H and O–H groups in total. The summed E-state index contributed by atoms with van der Waals surface area (Å²) >= 11 is 0. The van der Waals surface area contributed by atoms with E-state index >= 15 is 0 Å². The molecule has 1 aromatic heterocycles. The number of nitrogens with zero attached hydrogens (tertiary/aromatic N) is 1. The van der Waals surface area contributed by atoms with Crippen LogP contribution < -0.4 is 5.56 Å². The minimum atomic E-state index is 0.00167. The molecule has 2 heterocycles. The van der Waals surface area contributed by atoms with Crippen molar-refractivity contribution in [3.05, 3.63) is 45.9 Å². The fourth-order valence-electron chi connectivity index (χ4n) is 3.11. The van der Waals surface area contributed by atoms with Crippen LogP contribution in [-0.2, 0) is 0 Å². The van der Waals surface area contributed by atoms with Gasteiger partial charge < -0.3 is 15.0 Å². The van der Waals surface area contributed by atoms with Crippen molar-refractivity contribution in [2.75, 3.05) is 26.2 Å². The van der Waals surface area contributed by atoms with Crippen LogP contribution in [0.15, 0.2) is 29.1 Å². The monoisotopic (exact) mass is 272 g/mol. The van der Waals surface area contributed by atoms with E-state index in [4.69, 9.17) is 5.11 Å². The quantitative estimate of drug-likeness (QED) is 0.892. The molecule has 1 aromatic carbocycles. The van der Waals surface area contributed by atoms with Crippen LogP contribution in [0.5, 0.6) is 0 Å². The van der Waals surface area contributed by atoms with Gasteiger partial charge in [0.2, 0.25) is 0 Å². The average Bonchev–Trinajstić information content (AvgIpc) is 2.89. The van der Waals surface area contributed by atoms with E-state index in [-0.39, 0.29) is 12.2 Å². The maximum absolute atomic E-state index is 12.2. The molecule has 0 saturated carbocycles. The lowest BCUT2D eigenvalue weighted by Gasteiger charge is -2.15. The van der Waals surface area contributed by atoms with E-state index in [1.165, 1.54) is 0 Å². The summed E-state index contributed by atoms with van der Waals surface area (Å²) in [5, 5.41) is 10.8. The van der Waals surface area contributed by atoms with E-state index in [1.54, 1.807) is 0 Å². The van der Waals surface area contributed by atoms with Gasteiger partial charge in [-0.25, -0.2) is 0 Å². The second kappa shape index (κ2) is 5.38. The molecule has 4 nitrogen and oxygen atoms in total. The highest BCUT2D eigenvalue weighted by atomic mass is 16.3. The number of pyridine rings is 1. The number of aliphatic hydroxyl groups excluding tert-OH is 1. The van der Waals surface area contributed by atoms with Crippen molar-refractivity contribution in [1.82, 2.24) is 9.88 Å². The third kappa shape index (κ3) is 2.37. The Balaban J connectivity index is 1.97. The molecular weight excluding hydrogens is 252 g/mol. The highest BCUT2D eigenvalue weighted by molar-refractivity contribution is 5.85. The van der Waals surface area contributed by atoms with Gasteiger partial charge in [0.15, 0.2) is 0 Å². The lowest BCUT2D eigenvalue weighted by Crippen LogP contribution is -2.24. The van der Waals surface area contributed by atoms with Crippen molar-refractivity contribution in [3.63, 3.8) is 0 Å². The van der Waals surface area contributed by atoms with Crippen molar-refractivity contribution < 1.29 is 5.11 Å². The summed E-state index contributed by atoms with van der Waals surface area (Å²) in [5.41, 5.74) is 2.17. The van der Waals surface area contributed by atoms with Crippen molar-refractivity contribution in [2.45, 2.75) is 19.3 Å². The number of fused-ring (bicyclic) bond motifs is 1. The van der Waals surface area contributed by atoms with Gasteiger partial charge in [-0.1, -0.05) is 12.1 Å². The summed E-state index contributed by atoms with van der Waals surface area (Å²) in [4.78, 5) is 17.5. The highest BCUT2D eigenvalue weighted by Gasteiger charge is 2.24. The van der Waals surface area contributed by atoms with Crippen LogP contribution in [0.4, 0.5) is 0 Å². The number of rotatable bonds is 3. The van der Waals surface area contributed by atoms with Gasteiger partial charge >= 0.3 is 0 Å². The first-order valence-electron chi connectivity index (χ1n) is 7.15. The molecule has 4 heteroatoms. The van der Waals surface area contributed by atoms with Crippen molar-refractivity contribution in [1.29, 1.82) is 0 Å². The number of β-amino-alcohol motifs (C(OH)–C–C–N with tert-alkyl or cyclic N) is 1. The van der Waals surface area contributed by atoms with Gasteiger partial charge in [-0.3, -0.25) is 4.79 Å². The molecule has 0 bridgehead atoms. The number of likely N-dealkylation sites (tertiary alicyclic amines) is 1. The Hall–Kier alpha value is -1.65. The summed E-state index contributed by atoms with van der Waals surface area (Å²) in [6.07, 6.45) is 1.04. The van der Waals surface area contributed by atoms with E-state index in [2.05, 4.69) is 16.0 Å². The highest BCUT2D eigenvalue weighted by Crippen LogP contribution is 2.27. The molecule has 0 amide bonds. The summed E-state index contributed by atoms with van der Waals surface area (Å²) < 4.78 is 0. The van der Waals surface area contributed by atoms with Crippen LogP contribution in [-0.4, -0.2) is 41.2 Å². The van der Waals surface area contributed by atoms with E-state index < -0.39 is 0 Å². The molecule has 0 radical (unpaired) electrons. The van der Waals surface area contributed by atoms with E-state index in [9.17, 15) is 4.79 Å². The molecule has 0 unspecified atom stereocenters. The second-order valence-corrected chi connectivity index (χ2v) is 5.60. The minimum Gasteiger partial charge on any atom is -0.395 e. The van der Waals surface area contributed by atoms with Gasteiger partial charge in [0.05, 0.1) is 6.61 Å². The number of H-pyrrole nitrogens is 1. The molecule has 3 rings (SSSR count). The largest absolute Gasteiger partial charge is 0.395 e. The predicted molar refractivity (Wildman–Crippen MR) is 80.2 cm³/mol. The summed E-state index contributed by atoms with van der Waals surface area (Å²) in [5.74, 6) is 0.359. The number of hydrogen-bond acceptors (Lipinski definition) is 3. The first-order valence-corrected chi connectivity index (χ1v) is 7.15. The maximum Gasteiger partial charge on any atom is 0.256 e. The zero-order valence-corrected chi connectivity index (χ0v) is 11.7. The SMILES string of the molecule is Cc1cccc2c(=O)[nH]c([C@@H]3CCN(CCO)C3)cc12. The van der Waals surface area contributed by atoms with Crippen LogP contribution in [0.3, 0.4) is 0 Å². The number of hydrogen-bond donors (Lipinski definition) is 2. The fourth-order valence-corrected chi connectivity index (χ4v) is 3.11. The Morgan fingerprint density at radius 1 is 1.40 bits per heavy atom. The number of nitrogens with one attached hydrogen (secondary N) is 1. The number of aliphatic hydroxyl groups is 1. The Labute approximate surface area is 118 Å². The molecule has 1 aliphatic rings. The van der Waals surface area contributed by atoms with Crippen molar-refractivity contribution in [2.24, 2.45) is 0 Å². The normalized spacial score (nSPS) is 19.8. The minimum absolute atomic E-state index is 0.00167. The third-order valence-corrected chi connectivity index (χ3v) is 4.25. The fraction of sp³-hybridized carbons (Fsp3) is 0.438. The number of aromatic nitrogens is 1. The van der Waals surface area contributed by atoms with Gasteiger partial charge in [0, 0.05) is 30.1 Å². The van der Waals surface area contributed by atoms with Crippen LogP contribution in [0, 0.1) is 6.92 Å². The predicted octanol–water partition coefficient (Wildman–Crippen LogP) is 1.62. The van der Waals surface area contributed by atoms with Gasteiger partial charge in [0.1, 0.15) is 0 Å². The van der Waals surface area contributed by atoms with Crippen molar-refractivity contribution >= 4 is 10.8 Å². The molecule has 0 aliphatic carbocycles. The second-order valence-electron chi connectivity index (χ2n) is 5.60. The van der Waals surface area contributed by atoms with E-state index in [0.29, 0.717) is 12.5 Å². The Morgan fingerprint density at radius 2 is 2.25 bits per heavy atom. The summed E-state index contributed by atoms with van der Waals surface area (Å²) in [7, 11) is 0. The number of aryl methyl sites for hydroxylation is 1. The van der Waals surface area contributed by atoms with Gasteiger partial charge in [-0.2, -0.15) is 0 Å². The first kappa shape index (κ1) is 13.3. The zero-order valence-electron chi connectivity index (χ0n) is 11.7. The Bertz CT molecular complexity index is 678. The molecule has 1 aliphatic heterocycles. The molecular formula is C16H20N2O2. The van der Waals surface area contributed by atoms with Crippen LogP contribution in [0.2, 0.25) is 0 Å². The van der Waals surface area contributed by atoms with Gasteiger partial charge in [-0.05, 0) is 43.0 Å². The average molecular weight is 272 g/mol. The summed E-state index contributed by atoms with van der Waals surface area (Å²) in [6, 6.07) is 7.96. The standard InChI is InChI=1S/C16H20N2O2/c1-11-3-2-4-13-14(11)9-15(17-16(13)20)12-5-6-18(10-12)7-8-19/h2-4,9,12,19H,5-8,10H2,1H3,(H,17,20)/t12-/m1/s1. The molecule has 1 saturated heterocycles. The number of aromatic amines is 1. The van der Waals surface area contributed by atoms with Crippen LogP contribution in [0.25, 0.3) is 10.8 Å².